The quantitative estimate of drug-likeness (QED) is 0.781. The van der Waals surface area contributed by atoms with Crippen molar-refractivity contribution in [2.24, 2.45) is 5.92 Å². The van der Waals surface area contributed by atoms with E-state index in [4.69, 9.17) is 4.74 Å². The number of carbonyl (C=O) groups excluding carboxylic acids is 1. The number of piperidine rings is 1. The number of amides is 1. The minimum Gasteiger partial charge on any atom is -0.444 e. The van der Waals surface area contributed by atoms with E-state index in [1.807, 2.05) is 32.7 Å². The predicted molar refractivity (Wildman–Crippen MR) is 71.6 cm³/mol. The third-order valence-corrected chi connectivity index (χ3v) is 4.19. The lowest BCUT2D eigenvalue weighted by atomic mass is 9.72. The maximum absolute atomic E-state index is 12.2. The number of likely N-dealkylation sites (N-methyl/N-ethyl adjacent to an activating group) is 1. The molecule has 1 heterocycles. The van der Waals surface area contributed by atoms with Gasteiger partial charge < -0.3 is 15.0 Å². The van der Waals surface area contributed by atoms with Gasteiger partial charge in [-0.15, -0.1) is 0 Å². The Kier molecular flexibility index (Phi) is 3.58. The molecule has 2 aliphatic rings. The summed E-state index contributed by atoms with van der Waals surface area (Å²) in [5, 5.41) is 3.48. The zero-order valence-electron chi connectivity index (χ0n) is 12.1. The van der Waals surface area contributed by atoms with Crippen LogP contribution in [0.4, 0.5) is 4.79 Å². The van der Waals surface area contributed by atoms with Gasteiger partial charge in [-0.25, -0.2) is 4.79 Å². The smallest absolute Gasteiger partial charge is 0.410 e. The molecule has 4 nitrogen and oxygen atoms in total. The van der Waals surface area contributed by atoms with Crippen LogP contribution in [0.1, 0.15) is 46.5 Å². The van der Waals surface area contributed by atoms with E-state index >= 15 is 0 Å². The Bertz CT molecular complexity index is 312. The third kappa shape index (κ3) is 2.79. The van der Waals surface area contributed by atoms with Crippen molar-refractivity contribution >= 4 is 6.09 Å². The van der Waals surface area contributed by atoms with Crippen molar-refractivity contribution in [1.82, 2.24) is 10.2 Å². The molecule has 2 atom stereocenters. The number of carbonyl (C=O) groups is 1. The van der Waals surface area contributed by atoms with Gasteiger partial charge in [-0.1, -0.05) is 6.42 Å². The highest BCUT2D eigenvalue weighted by atomic mass is 16.6. The first-order chi connectivity index (χ1) is 8.32. The van der Waals surface area contributed by atoms with Crippen molar-refractivity contribution in [2.75, 3.05) is 20.1 Å². The van der Waals surface area contributed by atoms with Crippen LogP contribution >= 0.6 is 0 Å². The van der Waals surface area contributed by atoms with Crippen molar-refractivity contribution in [3.05, 3.63) is 0 Å². The second kappa shape index (κ2) is 4.72. The minimum atomic E-state index is -0.419. The standard InChI is InChI=1S/C14H26N2O2/c1-13(2,3)18-12(17)16(4)14-7-5-6-11(8-14)9-15-10-14/h11,15H,5-10H2,1-4H3. The Morgan fingerprint density at radius 1 is 1.44 bits per heavy atom. The van der Waals surface area contributed by atoms with Crippen LogP contribution in [0.25, 0.3) is 0 Å². The summed E-state index contributed by atoms with van der Waals surface area (Å²) < 4.78 is 5.50. The van der Waals surface area contributed by atoms with Crippen LogP contribution in [0.5, 0.6) is 0 Å². The average Bonchev–Trinajstić information content (AvgIpc) is 2.26. The lowest BCUT2D eigenvalue weighted by molar-refractivity contribution is -0.0177. The van der Waals surface area contributed by atoms with Crippen LogP contribution in [-0.2, 0) is 4.74 Å². The lowest BCUT2D eigenvalue weighted by Crippen LogP contribution is -2.62. The van der Waals surface area contributed by atoms with Gasteiger partial charge in [0.2, 0.25) is 0 Å². The highest BCUT2D eigenvalue weighted by Gasteiger charge is 2.45. The van der Waals surface area contributed by atoms with Gasteiger partial charge in [-0.05, 0) is 52.5 Å². The van der Waals surface area contributed by atoms with Gasteiger partial charge in [0.15, 0.2) is 0 Å². The van der Waals surface area contributed by atoms with Crippen molar-refractivity contribution in [2.45, 2.75) is 57.6 Å². The van der Waals surface area contributed by atoms with Crippen molar-refractivity contribution in [3.8, 4) is 0 Å². The van der Waals surface area contributed by atoms with Crippen molar-refractivity contribution in [1.29, 1.82) is 0 Å². The fourth-order valence-corrected chi connectivity index (χ4v) is 3.25. The fourth-order valence-electron chi connectivity index (χ4n) is 3.25. The molecule has 0 aromatic heterocycles. The summed E-state index contributed by atoms with van der Waals surface area (Å²) in [6, 6.07) is 0. The maximum Gasteiger partial charge on any atom is 0.410 e. The first kappa shape index (κ1) is 13.7. The van der Waals surface area contributed by atoms with E-state index in [0.29, 0.717) is 0 Å². The molecule has 0 aromatic rings. The summed E-state index contributed by atoms with van der Waals surface area (Å²) in [5.41, 5.74) is -0.443. The van der Waals surface area contributed by atoms with Gasteiger partial charge in [0, 0.05) is 13.6 Å². The SMILES string of the molecule is CN(C(=O)OC(C)(C)C)C12CCCC(CNC1)C2. The van der Waals surface area contributed by atoms with Gasteiger partial charge in [-0.2, -0.15) is 0 Å². The molecule has 1 N–H and O–H groups in total. The Morgan fingerprint density at radius 3 is 2.83 bits per heavy atom. The molecule has 18 heavy (non-hydrogen) atoms. The van der Waals surface area contributed by atoms with Crippen molar-refractivity contribution in [3.63, 3.8) is 0 Å². The van der Waals surface area contributed by atoms with Crippen LogP contribution in [0.15, 0.2) is 0 Å². The predicted octanol–water partition coefficient (Wildman–Crippen LogP) is 2.39. The van der Waals surface area contributed by atoms with E-state index in [2.05, 4.69) is 5.32 Å². The summed E-state index contributed by atoms with van der Waals surface area (Å²) in [7, 11) is 1.89. The molecule has 1 saturated heterocycles. The second-order valence-electron chi connectivity index (χ2n) is 6.86. The minimum absolute atomic E-state index is 0.0243. The summed E-state index contributed by atoms with van der Waals surface area (Å²) in [4.78, 5) is 14.1. The molecule has 1 aliphatic carbocycles. The molecule has 2 bridgehead atoms. The fraction of sp³-hybridized carbons (Fsp3) is 0.929. The van der Waals surface area contributed by atoms with Crippen LogP contribution in [0.2, 0.25) is 0 Å². The second-order valence-corrected chi connectivity index (χ2v) is 6.86. The van der Waals surface area contributed by atoms with E-state index in [-0.39, 0.29) is 11.6 Å². The van der Waals surface area contributed by atoms with Crippen LogP contribution in [0, 0.1) is 5.92 Å². The first-order valence-corrected chi connectivity index (χ1v) is 7.00. The Morgan fingerprint density at radius 2 is 2.17 bits per heavy atom. The largest absolute Gasteiger partial charge is 0.444 e. The maximum atomic E-state index is 12.2. The Hall–Kier alpha value is -0.770. The van der Waals surface area contributed by atoms with Gasteiger partial charge in [-0.3, -0.25) is 0 Å². The zero-order chi connectivity index (χ0) is 13.4. The molecular weight excluding hydrogens is 228 g/mol. The summed E-state index contributed by atoms with van der Waals surface area (Å²) >= 11 is 0. The van der Waals surface area contributed by atoms with E-state index in [1.165, 1.54) is 12.8 Å². The van der Waals surface area contributed by atoms with Crippen molar-refractivity contribution < 1.29 is 9.53 Å². The third-order valence-electron chi connectivity index (χ3n) is 4.19. The molecule has 0 radical (unpaired) electrons. The number of ether oxygens (including phenoxy) is 1. The monoisotopic (exact) mass is 254 g/mol. The number of fused-ring (bicyclic) bond motifs is 2. The van der Waals surface area contributed by atoms with Crippen LogP contribution < -0.4 is 5.32 Å². The topological polar surface area (TPSA) is 41.6 Å². The number of rotatable bonds is 1. The normalized spacial score (nSPS) is 31.9. The summed E-state index contributed by atoms with van der Waals surface area (Å²) in [6.07, 6.45) is 4.53. The van der Waals surface area contributed by atoms with E-state index in [9.17, 15) is 4.79 Å². The highest BCUT2D eigenvalue weighted by molar-refractivity contribution is 5.69. The molecule has 1 saturated carbocycles. The highest BCUT2D eigenvalue weighted by Crippen LogP contribution is 2.38. The Labute approximate surface area is 110 Å². The van der Waals surface area contributed by atoms with Gasteiger partial charge in [0.1, 0.15) is 5.60 Å². The molecule has 0 aromatic carbocycles. The zero-order valence-corrected chi connectivity index (χ0v) is 12.1. The molecule has 2 fully saturated rings. The van der Waals surface area contributed by atoms with Crippen LogP contribution in [0.3, 0.4) is 0 Å². The molecule has 2 unspecified atom stereocenters. The average molecular weight is 254 g/mol. The molecule has 1 amide bonds. The van der Waals surface area contributed by atoms with E-state index < -0.39 is 5.60 Å². The molecule has 2 rings (SSSR count). The molecule has 1 aliphatic heterocycles. The van der Waals surface area contributed by atoms with Gasteiger partial charge in [0.05, 0.1) is 5.54 Å². The Balaban J connectivity index is 2.06. The number of hydrogen-bond donors (Lipinski definition) is 1. The first-order valence-electron chi connectivity index (χ1n) is 7.00. The molecule has 0 spiro atoms. The number of hydrogen-bond acceptors (Lipinski definition) is 3. The van der Waals surface area contributed by atoms with Gasteiger partial charge >= 0.3 is 6.09 Å². The molecule has 104 valence electrons. The van der Waals surface area contributed by atoms with E-state index in [1.54, 1.807) is 0 Å². The molecular formula is C14H26N2O2. The van der Waals surface area contributed by atoms with Gasteiger partial charge in [0.25, 0.3) is 0 Å². The summed E-state index contributed by atoms with van der Waals surface area (Å²) in [6.45, 7) is 7.75. The lowest BCUT2D eigenvalue weighted by Gasteiger charge is -2.50. The van der Waals surface area contributed by atoms with E-state index in [0.717, 1.165) is 31.8 Å². The number of nitrogens with zero attached hydrogens (tertiary/aromatic N) is 1. The number of nitrogens with one attached hydrogen (secondary N) is 1. The molecule has 4 heteroatoms. The summed E-state index contributed by atoms with van der Waals surface area (Å²) in [5.74, 6) is 0.720. The van der Waals surface area contributed by atoms with Crippen LogP contribution in [-0.4, -0.2) is 42.3 Å².